The van der Waals surface area contributed by atoms with Crippen molar-refractivity contribution in [2.75, 3.05) is 5.73 Å². The maximum absolute atomic E-state index is 13.0. The zero-order chi connectivity index (χ0) is 14.2. The van der Waals surface area contributed by atoms with E-state index >= 15 is 0 Å². The normalized spacial score (nSPS) is 11.6. The van der Waals surface area contributed by atoms with Gasteiger partial charge >= 0.3 is 0 Å². The molecule has 0 aliphatic heterocycles. The van der Waals surface area contributed by atoms with Crippen LogP contribution in [-0.4, -0.2) is 9.97 Å². The molecule has 3 nitrogen and oxygen atoms in total. The van der Waals surface area contributed by atoms with Gasteiger partial charge in [-0.05, 0) is 31.2 Å². The lowest BCUT2D eigenvalue weighted by Gasteiger charge is -2.19. The summed E-state index contributed by atoms with van der Waals surface area (Å²) in [6.45, 7) is 7.98. The minimum Gasteiger partial charge on any atom is -0.383 e. The first-order chi connectivity index (χ1) is 8.79. The SMILES string of the molecule is Cc1c(N)nc(C(C)(C)C)nc1-c1ccc(F)cc1. The molecule has 2 aromatic rings. The second kappa shape index (κ2) is 4.61. The Labute approximate surface area is 112 Å². The molecule has 0 saturated carbocycles. The van der Waals surface area contributed by atoms with Crippen LogP contribution in [0.25, 0.3) is 11.3 Å². The number of nitrogens with two attached hydrogens (primary N) is 1. The summed E-state index contributed by atoms with van der Waals surface area (Å²) >= 11 is 0. The van der Waals surface area contributed by atoms with Crippen LogP contribution in [0.15, 0.2) is 24.3 Å². The van der Waals surface area contributed by atoms with E-state index < -0.39 is 0 Å². The third kappa shape index (κ3) is 2.72. The molecule has 0 saturated heterocycles. The predicted octanol–water partition coefficient (Wildman–Crippen LogP) is 3.47. The van der Waals surface area contributed by atoms with Gasteiger partial charge in [-0.2, -0.15) is 0 Å². The highest BCUT2D eigenvalue weighted by Gasteiger charge is 2.20. The Morgan fingerprint density at radius 2 is 1.63 bits per heavy atom. The van der Waals surface area contributed by atoms with E-state index in [0.29, 0.717) is 11.6 Å². The van der Waals surface area contributed by atoms with Gasteiger partial charge in [-0.15, -0.1) is 0 Å². The molecule has 0 aliphatic rings. The monoisotopic (exact) mass is 259 g/mol. The summed E-state index contributed by atoms with van der Waals surface area (Å²) in [6.07, 6.45) is 0. The fourth-order valence-electron chi connectivity index (χ4n) is 1.76. The Balaban J connectivity index is 2.62. The Hall–Kier alpha value is -1.97. The minimum atomic E-state index is -0.264. The molecule has 0 atom stereocenters. The minimum absolute atomic E-state index is 0.184. The second-order valence-electron chi connectivity index (χ2n) is 5.66. The summed E-state index contributed by atoms with van der Waals surface area (Å²) in [5.41, 5.74) is 8.20. The molecule has 0 bridgehead atoms. The Morgan fingerprint density at radius 1 is 1.05 bits per heavy atom. The van der Waals surface area contributed by atoms with Gasteiger partial charge in [0.25, 0.3) is 0 Å². The quantitative estimate of drug-likeness (QED) is 0.853. The smallest absolute Gasteiger partial charge is 0.136 e. The first-order valence-corrected chi connectivity index (χ1v) is 6.19. The van der Waals surface area contributed by atoms with Gasteiger partial charge in [0, 0.05) is 16.5 Å². The summed E-state index contributed by atoms with van der Waals surface area (Å²) in [5.74, 6) is 0.897. The van der Waals surface area contributed by atoms with E-state index in [4.69, 9.17) is 5.73 Å². The summed E-state index contributed by atoms with van der Waals surface area (Å²) in [4.78, 5) is 8.93. The molecule has 0 fully saturated rings. The maximum Gasteiger partial charge on any atom is 0.136 e. The van der Waals surface area contributed by atoms with Gasteiger partial charge in [0.05, 0.1) is 5.69 Å². The molecule has 4 heteroatoms. The van der Waals surface area contributed by atoms with Crippen LogP contribution in [0.1, 0.15) is 32.2 Å². The first-order valence-electron chi connectivity index (χ1n) is 6.19. The van der Waals surface area contributed by atoms with Gasteiger partial charge in [-0.25, -0.2) is 14.4 Å². The van der Waals surface area contributed by atoms with Crippen molar-refractivity contribution < 1.29 is 4.39 Å². The number of rotatable bonds is 1. The molecule has 1 aromatic heterocycles. The highest BCUT2D eigenvalue weighted by Crippen LogP contribution is 2.28. The molecule has 0 spiro atoms. The van der Waals surface area contributed by atoms with Crippen molar-refractivity contribution >= 4 is 5.82 Å². The number of halogens is 1. The van der Waals surface area contributed by atoms with Gasteiger partial charge in [0.15, 0.2) is 0 Å². The summed E-state index contributed by atoms with van der Waals surface area (Å²) in [7, 11) is 0. The number of aromatic nitrogens is 2. The molecule has 100 valence electrons. The highest BCUT2D eigenvalue weighted by atomic mass is 19.1. The molecular formula is C15H18FN3. The molecule has 2 rings (SSSR count). The summed E-state index contributed by atoms with van der Waals surface area (Å²) < 4.78 is 13.0. The topological polar surface area (TPSA) is 51.8 Å². The molecular weight excluding hydrogens is 241 g/mol. The van der Waals surface area contributed by atoms with Crippen LogP contribution < -0.4 is 5.73 Å². The number of hydrogen-bond acceptors (Lipinski definition) is 3. The molecule has 0 unspecified atom stereocenters. The number of nitrogens with zero attached hydrogens (tertiary/aromatic N) is 2. The molecule has 0 amide bonds. The van der Waals surface area contributed by atoms with E-state index in [0.717, 1.165) is 16.8 Å². The molecule has 1 heterocycles. The number of hydrogen-bond donors (Lipinski definition) is 1. The summed E-state index contributed by atoms with van der Waals surface area (Å²) in [6, 6.07) is 6.25. The van der Waals surface area contributed by atoms with Crippen LogP contribution in [0, 0.1) is 12.7 Å². The lowest BCUT2D eigenvalue weighted by atomic mass is 9.95. The lowest BCUT2D eigenvalue weighted by Crippen LogP contribution is -2.18. The van der Waals surface area contributed by atoms with Crippen molar-refractivity contribution in [1.29, 1.82) is 0 Å². The van der Waals surface area contributed by atoms with Crippen LogP contribution in [0.4, 0.5) is 10.2 Å². The second-order valence-corrected chi connectivity index (χ2v) is 5.66. The molecule has 0 aliphatic carbocycles. The van der Waals surface area contributed by atoms with Crippen molar-refractivity contribution in [3.63, 3.8) is 0 Å². The van der Waals surface area contributed by atoms with Crippen LogP contribution >= 0.6 is 0 Å². The van der Waals surface area contributed by atoms with Gasteiger partial charge in [-0.3, -0.25) is 0 Å². The van der Waals surface area contributed by atoms with Crippen molar-refractivity contribution in [2.45, 2.75) is 33.1 Å². The van der Waals surface area contributed by atoms with Crippen molar-refractivity contribution in [2.24, 2.45) is 0 Å². The van der Waals surface area contributed by atoms with Gasteiger partial charge < -0.3 is 5.73 Å². The average Bonchev–Trinajstić information content (AvgIpc) is 2.32. The third-order valence-corrected chi connectivity index (χ3v) is 2.97. The van der Waals surface area contributed by atoms with Gasteiger partial charge in [0.1, 0.15) is 17.5 Å². The van der Waals surface area contributed by atoms with Crippen molar-refractivity contribution in [3.8, 4) is 11.3 Å². The van der Waals surface area contributed by atoms with Crippen LogP contribution in [-0.2, 0) is 5.41 Å². The number of benzene rings is 1. The zero-order valence-corrected chi connectivity index (χ0v) is 11.7. The average molecular weight is 259 g/mol. The lowest BCUT2D eigenvalue weighted by molar-refractivity contribution is 0.546. The largest absolute Gasteiger partial charge is 0.383 e. The number of nitrogen functional groups attached to an aromatic ring is 1. The first kappa shape index (κ1) is 13.5. The highest BCUT2D eigenvalue weighted by molar-refractivity contribution is 5.67. The van der Waals surface area contributed by atoms with Crippen molar-refractivity contribution in [1.82, 2.24) is 9.97 Å². The van der Waals surface area contributed by atoms with Crippen LogP contribution in [0.2, 0.25) is 0 Å². The van der Waals surface area contributed by atoms with Gasteiger partial charge in [0.2, 0.25) is 0 Å². The van der Waals surface area contributed by atoms with E-state index in [2.05, 4.69) is 9.97 Å². The maximum atomic E-state index is 13.0. The Morgan fingerprint density at radius 3 is 2.16 bits per heavy atom. The van der Waals surface area contributed by atoms with Crippen LogP contribution in [0.5, 0.6) is 0 Å². The predicted molar refractivity (Wildman–Crippen MR) is 75.3 cm³/mol. The van der Waals surface area contributed by atoms with E-state index in [1.807, 2.05) is 27.7 Å². The van der Waals surface area contributed by atoms with E-state index in [1.165, 1.54) is 12.1 Å². The van der Waals surface area contributed by atoms with Gasteiger partial charge in [-0.1, -0.05) is 20.8 Å². The number of anilines is 1. The standard InChI is InChI=1S/C15H18FN3/c1-9-12(10-5-7-11(16)8-6-10)18-14(15(2,3)4)19-13(9)17/h5-8H,1-4H3,(H2,17,18,19). The van der Waals surface area contributed by atoms with Crippen LogP contribution in [0.3, 0.4) is 0 Å². The molecule has 19 heavy (non-hydrogen) atoms. The van der Waals surface area contributed by atoms with E-state index in [-0.39, 0.29) is 11.2 Å². The molecule has 2 N–H and O–H groups in total. The third-order valence-electron chi connectivity index (χ3n) is 2.97. The fraction of sp³-hybridized carbons (Fsp3) is 0.333. The van der Waals surface area contributed by atoms with Crippen molar-refractivity contribution in [3.05, 3.63) is 41.5 Å². The van der Waals surface area contributed by atoms with E-state index in [1.54, 1.807) is 12.1 Å². The molecule has 0 radical (unpaired) electrons. The zero-order valence-electron chi connectivity index (χ0n) is 11.7. The Kier molecular flexibility index (Phi) is 3.27. The summed E-state index contributed by atoms with van der Waals surface area (Å²) in [5, 5.41) is 0. The Bertz CT molecular complexity index is 598. The molecule has 1 aromatic carbocycles. The fourth-order valence-corrected chi connectivity index (χ4v) is 1.76. The van der Waals surface area contributed by atoms with E-state index in [9.17, 15) is 4.39 Å².